The lowest BCUT2D eigenvalue weighted by Crippen LogP contribution is -2.08. The normalized spacial score (nSPS) is 10.1. The highest BCUT2D eigenvalue weighted by atomic mass is 19.1. The molecule has 0 saturated heterocycles. The van der Waals surface area contributed by atoms with E-state index >= 15 is 0 Å². The molecule has 0 bridgehead atoms. The highest BCUT2D eigenvalue weighted by Crippen LogP contribution is 2.23. The van der Waals surface area contributed by atoms with Crippen molar-refractivity contribution in [3.63, 3.8) is 0 Å². The largest absolute Gasteiger partial charge is 0.505 e. The summed E-state index contributed by atoms with van der Waals surface area (Å²) in [6, 6.07) is 11.1. The van der Waals surface area contributed by atoms with Gasteiger partial charge < -0.3 is 15.2 Å². The Kier molecular flexibility index (Phi) is 4.20. The predicted molar refractivity (Wildman–Crippen MR) is 73.2 cm³/mol. The minimum Gasteiger partial charge on any atom is -0.505 e. The van der Waals surface area contributed by atoms with Crippen LogP contribution in [0.15, 0.2) is 42.5 Å². The molecule has 0 radical (unpaired) electrons. The van der Waals surface area contributed by atoms with Crippen molar-refractivity contribution in [2.45, 2.75) is 6.54 Å². The van der Waals surface area contributed by atoms with Gasteiger partial charge in [-0.1, -0.05) is 24.3 Å². The topological polar surface area (TPSA) is 58.6 Å². The van der Waals surface area contributed by atoms with Gasteiger partial charge in [0.05, 0.1) is 12.7 Å². The summed E-state index contributed by atoms with van der Waals surface area (Å²) in [7, 11) is 1.30. The van der Waals surface area contributed by atoms with E-state index in [1.807, 2.05) is 0 Å². The third kappa shape index (κ3) is 2.88. The van der Waals surface area contributed by atoms with Crippen molar-refractivity contribution in [1.29, 1.82) is 0 Å². The van der Waals surface area contributed by atoms with Crippen LogP contribution in [-0.4, -0.2) is 18.2 Å². The molecule has 0 heterocycles. The third-order valence-electron chi connectivity index (χ3n) is 2.87. The summed E-state index contributed by atoms with van der Waals surface area (Å²) in [4.78, 5) is 11.6. The van der Waals surface area contributed by atoms with Crippen LogP contribution in [0.3, 0.4) is 0 Å². The summed E-state index contributed by atoms with van der Waals surface area (Å²) in [5, 5.41) is 12.6. The van der Waals surface area contributed by atoms with Gasteiger partial charge in [0.25, 0.3) is 0 Å². The highest BCUT2D eigenvalue weighted by Gasteiger charge is 2.12. The van der Waals surface area contributed by atoms with Crippen LogP contribution in [-0.2, 0) is 11.3 Å². The maximum Gasteiger partial charge on any atom is 0.339 e. The number of anilines is 1. The maximum absolute atomic E-state index is 13.2. The summed E-state index contributed by atoms with van der Waals surface area (Å²) >= 11 is 0. The molecule has 0 spiro atoms. The van der Waals surface area contributed by atoms with Crippen molar-refractivity contribution in [3.05, 3.63) is 59.4 Å². The first-order chi connectivity index (χ1) is 9.63. The Morgan fingerprint density at radius 2 is 2.00 bits per heavy atom. The molecule has 0 aliphatic carbocycles. The number of phenolic OH excluding ortho intramolecular Hbond substituents is 1. The van der Waals surface area contributed by atoms with E-state index in [9.17, 15) is 14.3 Å². The van der Waals surface area contributed by atoms with E-state index in [1.165, 1.54) is 19.2 Å². The number of rotatable bonds is 4. The van der Waals surface area contributed by atoms with E-state index in [1.54, 1.807) is 30.3 Å². The summed E-state index contributed by atoms with van der Waals surface area (Å²) < 4.78 is 17.9. The van der Waals surface area contributed by atoms with E-state index in [-0.39, 0.29) is 6.54 Å². The van der Waals surface area contributed by atoms with Gasteiger partial charge in [0, 0.05) is 17.8 Å². The molecule has 2 aromatic carbocycles. The average Bonchev–Trinajstić information content (AvgIpc) is 2.48. The van der Waals surface area contributed by atoms with Gasteiger partial charge in [0.15, 0.2) is 11.6 Å². The number of para-hydroxylation sites is 2. The number of aromatic hydroxyl groups is 1. The molecule has 0 aliphatic heterocycles. The second-order valence-corrected chi connectivity index (χ2v) is 4.14. The molecule has 2 aromatic rings. The third-order valence-corrected chi connectivity index (χ3v) is 2.87. The number of carbonyl (C=O) groups excluding carboxylic acids is 1. The molecule has 0 saturated carbocycles. The van der Waals surface area contributed by atoms with E-state index in [0.717, 1.165) is 0 Å². The van der Waals surface area contributed by atoms with Crippen molar-refractivity contribution < 1.29 is 19.0 Å². The fraction of sp³-hybridized carbons (Fsp3) is 0.133. The van der Waals surface area contributed by atoms with Gasteiger partial charge in [-0.15, -0.1) is 0 Å². The molecule has 5 heteroatoms. The number of nitrogens with one attached hydrogen (secondary N) is 1. The number of esters is 1. The Bertz CT molecular complexity index is 628. The first kappa shape index (κ1) is 13.9. The number of hydrogen-bond donors (Lipinski definition) is 2. The Labute approximate surface area is 115 Å². The quantitative estimate of drug-likeness (QED) is 0.842. The van der Waals surface area contributed by atoms with Crippen molar-refractivity contribution in [2.75, 3.05) is 12.4 Å². The lowest BCUT2D eigenvalue weighted by molar-refractivity contribution is 0.0602. The van der Waals surface area contributed by atoms with Crippen LogP contribution in [0.1, 0.15) is 15.9 Å². The Morgan fingerprint density at radius 3 is 2.75 bits per heavy atom. The minimum atomic E-state index is -0.675. The lowest BCUT2D eigenvalue weighted by Gasteiger charge is -2.11. The van der Waals surface area contributed by atoms with Gasteiger partial charge in [-0.3, -0.25) is 0 Å². The van der Waals surface area contributed by atoms with E-state index in [4.69, 9.17) is 0 Å². The highest BCUT2D eigenvalue weighted by molar-refractivity contribution is 5.95. The number of ether oxygens (including phenoxy) is 1. The van der Waals surface area contributed by atoms with Crippen molar-refractivity contribution >= 4 is 11.7 Å². The molecule has 0 amide bonds. The fourth-order valence-electron chi connectivity index (χ4n) is 1.82. The molecule has 0 aliphatic rings. The lowest BCUT2D eigenvalue weighted by atomic mass is 10.1. The van der Waals surface area contributed by atoms with Crippen LogP contribution in [0.2, 0.25) is 0 Å². The van der Waals surface area contributed by atoms with Crippen LogP contribution in [0.25, 0.3) is 0 Å². The van der Waals surface area contributed by atoms with Crippen LogP contribution in [0.5, 0.6) is 5.75 Å². The van der Waals surface area contributed by atoms with Gasteiger partial charge in [-0.05, 0) is 18.2 Å². The zero-order chi connectivity index (χ0) is 14.5. The summed E-state index contributed by atoms with van der Waals surface area (Å²) in [6.45, 7) is 0.192. The molecular weight excluding hydrogens is 261 g/mol. The zero-order valence-electron chi connectivity index (χ0n) is 10.9. The number of hydrogen-bond acceptors (Lipinski definition) is 4. The van der Waals surface area contributed by atoms with Crippen molar-refractivity contribution in [2.24, 2.45) is 0 Å². The van der Waals surface area contributed by atoms with Gasteiger partial charge in [-0.2, -0.15) is 0 Å². The zero-order valence-corrected chi connectivity index (χ0v) is 10.9. The van der Waals surface area contributed by atoms with Crippen molar-refractivity contribution in [1.82, 2.24) is 0 Å². The molecule has 0 fully saturated rings. The number of benzene rings is 2. The first-order valence-corrected chi connectivity index (χ1v) is 6.01. The molecule has 2 N–H and O–H groups in total. The van der Waals surface area contributed by atoms with Crippen LogP contribution < -0.4 is 5.32 Å². The summed E-state index contributed by atoms with van der Waals surface area (Å²) in [5.41, 5.74) is 1.35. The molecule has 4 nitrogen and oxygen atoms in total. The molecule has 0 atom stereocenters. The second kappa shape index (κ2) is 6.06. The summed E-state index contributed by atoms with van der Waals surface area (Å²) in [6.07, 6.45) is 0. The molecular formula is C15H14FNO3. The first-order valence-electron chi connectivity index (χ1n) is 6.01. The monoisotopic (exact) mass is 275 g/mol. The Hall–Kier alpha value is -2.56. The number of carbonyl (C=O) groups is 1. The van der Waals surface area contributed by atoms with E-state index < -0.39 is 17.5 Å². The predicted octanol–water partition coefficient (Wildman–Crippen LogP) is 2.93. The number of halogens is 1. The van der Waals surface area contributed by atoms with Gasteiger partial charge in [0.1, 0.15) is 0 Å². The smallest absolute Gasteiger partial charge is 0.339 e. The van der Waals surface area contributed by atoms with Gasteiger partial charge in [-0.25, -0.2) is 9.18 Å². The Morgan fingerprint density at radius 1 is 1.25 bits per heavy atom. The molecule has 0 unspecified atom stereocenters. The molecule has 20 heavy (non-hydrogen) atoms. The summed E-state index contributed by atoms with van der Waals surface area (Å²) in [5.74, 6) is -1.53. The fourth-order valence-corrected chi connectivity index (χ4v) is 1.82. The Balaban J connectivity index is 2.19. The van der Waals surface area contributed by atoms with Crippen molar-refractivity contribution in [3.8, 4) is 5.75 Å². The SMILES string of the molecule is COC(=O)c1ccccc1NCc1cccc(F)c1O. The van der Waals surface area contributed by atoms with Crippen LogP contribution in [0.4, 0.5) is 10.1 Å². The van der Waals surface area contributed by atoms with Gasteiger partial charge >= 0.3 is 5.97 Å². The molecule has 104 valence electrons. The second-order valence-electron chi connectivity index (χ2n) is 4.14. The minimum absolute atomic E-state index is 0.192. The number of phenols is 1. The number of methoxy groups -OCH3 is 1. The van der Waals surface area contributed by atoms with E-state index in [0.29, 0.717) is 16.8 Å². The standard InChI is InChI=1S/C15H14FNO3/c1-20-15(19)11-6-2-3-8-13(11)17-9-10-5-4-7-12(16)14(10)18/h2-8,17-18H,9H2,1H3. The van der Waals surface area contributed by atoms with Crippen LogP contribution in [0, 0.1) is 5.82 Å². The van der Waals surface area contributed by atoms with Gasteiger partial charge in [0.2, 0.25) is 0 Å². The van der Waals surface area contributed by atoms with Crippen LogP contribution >= 0.6 is 0 Å². The average molecular weight is 275 g/mol. The molecule has 2 rings (SSSR count). The molecule has 0 aromatic heterocycles. The maximum atomic E-state index is 13.2. The van der Waals surface area contributed by atoms with E-state index in [2.05, 4.69) is 10.1 Å².